The van der Waals surface area contributed by atoms with Crippen LogP contribution in [0.4, 0.5) is 9.52 Å². The Kier molecular flexibility index (Phi) is 5.69. The van der Waals surface area contributed by atoms with Crippen LogP contribution in [0.2, 0.25) is 0 Å². The van der Waals surface area contributed by atoms with E-state index in [1.54, 1.807) is 0 Å². The van der Waals surface area contributed by atoms with Crippen LogP contribution in [-0.2, 0) is 27.6 Å². The highest BCUT2D eigenvalue weighted by atomic mass is 32.2. The minimum absolute atomic E-state index is 0.0658. The van der Waals surface area contributed by atoms with Crippen LogP contribution in [0.15, 0.2) is 29.2 Å². The zero-order valence-corrected chi connectivity index (χ0v) is 16.0. The van der Waals surface area contributed by atoms with Gasteiger partial charge in [0.05, 0.1) is 16.3 Å². The summed E-state index contributed by atoms with van der Waals surface area (Å²) in [6.07, 6.45) is 1.15. The molecule has 9 heteroatoms. The van der Waals surface area contributed by atoms with E-state index in [0.717, 1.165) is 42.2 Å². The molecule has 1 N–H and O–H groups in total. The molecule has 0 atom stereocenters. The lowest BCUT2D eigenvalue weighted by molar-refractivity contribution is -0.116. The maximum absolute atomic E-state index is 12.9. The molecule has 1 aliphatic rings. The number of rotatable bonds is 6. The first kappa shape index (κ1) is 18.9. The molecule has 1 aromatic heterocycles. The quantitative estimate of drug-likeness (QED) is 0.758. The number of aromatic nitrogens is 1. The number of nitrogens with zero attached hydrogens (tertiary/aromatic N) is 2. The Balaban J connectivity index is 1.51. The van der Waals surface area contributed by atoms with Gasteiger partial charge in [0.2, 0.25) is 5.91 Å². The fourth-order valence-electron chi connectivity index (χ4n) is 2.74. The van der Waals surface area contributed by atoms with E-state index in [4.69, 9.17) is 0 Å². The van der Waals surface area contributed by atoms with Gasteiger partial charge in [-0.05, 0) is 37.7 Å². The van der Waals surface area contributed by atoms with E-state index in [9.17, 15) is 17.6 Å². The van der Waals surface area contributed by atoms with Gasteiger partial charge in [-0.3, -0.25) is 4.79 Å². The van der Waals surface area contributed by atoms with Gasteiger partial charge in [0.1, 0.15) is 5.82 Å². The van der Waals surface area contributed by atoms with Crippen molar-refractivity contribution in [3.8, 4) is 0 Å². The fourth-order valence-corrected chi connectivity index (χ4v) is 5.16. The van der Waals surface area contributed by atoms with Gasteiger partial charge >= 0.3 is 0 Å². The molecule has 1 amide bonds. The molecular weight excluding hydrogens is 377 g/mol. The number of nitrogens with one attached hydrogen (secondary N) is 1. The number of amides is 1. The lowest BCUT2D eigenvalue weighted by atomic mass is 10.2. The summed E-state index contributed by atoms with van der Waals surface area (Å²) in [5.41, 5.74) is 1.03. The standard InChI is InChI=1S/C17H20FN3O3S2/c1-21-9-8-14-15(11-21)25-17(19-14)20-16(22)3-2-10-26(23,24)13-6-4-12(18)5-7-13/h4-7H,2-3,8-11H2,1H3,(H,19,20,22). The molecule has 0 radical (unpaired) electrons. The fraction of sp³-hybridized carbons (Fsp3) is 0.412. The van der Waals surface area contributed by atoms with E-state index in [0.29, 0.717) is 5.13 Å². The summed E-state index contributed by atoms with van der Waals surface area (Å²) in [4.78, 5) is 19.9. The van der Waals surface area contributed by atoms with Gasteiger partial charge in [-0.25, -0.2) is 17.8 Å². The number of benzene rings is 1. The SMILES string of the molecule is CN1CCc2nc(NC(=O)CCCS(=O)(=O)c3ccc(F)cc3)sc2C1. The molecule has 0 bridgehead atoms. The number of anilines is 1. The zero-order chi connectivity index (χ0) is 18.7. The van der Waals surface area contributed by atoms with Crippen LogP contribution >= 0.6 is 11.3 Å². The van der Waals surface area contributed by atoms with E-state index in [2.05, 4.69) is 15.2 Å². The summed E-state index contributed by atoms with van der Waals surface area (Å²) in [5.74, 6) is -0.898. The number of fused-ring (bicyclic) bond motifs is 1. The summed E-state index contributed by atoms with van der Waals surface area (Å²) in [7, 11) is -1.48. The summed E-state index contributed by atoms with van der Waals surface area (Å²) < 4.78 is 37.2. The second-order valence-electron chi connectivity index (χ2n) is 6.30. The van der Waals surface area contributed by atoms with E-state index < -0.39 is 15.7 Å². The summed E-state index contributed by atoms with van der Waals surface area (Å²) in [5, 5.41) is 3.32. The highest BCUT2D eigenvalue weighted by Gasteiger charge is 2.19. The number of carbonyl (C=O) groups excluding carboxylic acids is 1. The highest BCUT2D eigenvalue weighted by molar-refractivity contribution is 7.91. The highest BCUT2D eigenvalue weighted by Crippen LogP contribution is 2.27. The molecule has 140 valence electrons. The Bertz CT molecular complexity index is 894. The van der Waals surface area contributed by atoms with Crippen molar-refractivity contribution < 1.29 is 17.6 Å². The van der Waals surface area contributed by atoms with Crippen molar-refractivity contribution in [2.24, 2.45) is 0 Å². The first-order valence-electron chi connectivity index (χ1n) is 8.29. The van der Waals surface area contributed by atoms with Gasteiger partial charge in [-0.15, -0.1) is 11.3 Å². The second kappa shape index (κ2) is 7.81. The molecule has 0 aliphatic carbocycles. The Morgan fingerprint density at radius 2 is 2.08 bits per heavy atom. The summed E-state index contributed by atoms with van der Waals surface area (Å²) in [6.45, 7) is 1.78. The van der Waals surface area contributed by atoms with Crippen LogP contribution in [0.25, 0.3) is 0 Å². The molecule has 26 heavy (non-hydrogen) atoms. The van der Waals surface area contributed by atoms with Crippen molar-refractivity contribution in [1.29, 1.82) is 0 Å². The molecule has 0 spiro atoms. The summed E-state index contributed by atoms with van der Waals surface area (Å²) in [6, 6.07) is 4.70. The van der Waals surface area contributed by atoms with Crippen molar-refractivity contribution in [3.63, 3.8) is 0 Å². The molecule has 2 aromatic rings. The van der Waals surface area contributed by atoms with Crippen LogP contribution in [-0.4, -0.2) is 43.6 Å². The Morgan fingerprint density at radius 1 is 1.35 bits per heavy atom. The zero-order valence-electron chi connectivity index (χ0n) is 14.4. The first-order chi connectivity index (χ1) is 12.3. The monoisotopic (exact) mass is 397 g/mol. The Labute approximate surface area is 156 Å². The third kappa shape index (κ3) is 4.66. The molecule has 1 aliphatic heterocycles. The molecule has 1 aromatic carbocycles. The van der Waals surface area contributed by atoms with E-state index in [-0.39, 0.29) is 29.4 Å². The van der Waals surface area contributed by atoms with Crippen molar-refractivity contribution in [2.45, 2.75) is 30.7 Å². The minimum Gasteiger partial charge on any atom is -0.302 e. The number of sulfone groups is 1. The molecule has 6 nitrogen and oxygen atoms in total. The molecular formula is C17H20FN3O3S2. The smallest absolute Gasteiger partial charge is 0.226 e. The molecule has 0 saturated carbocycles. The Morgan fingerprint density at radius 3 is 2.81 bits per heavy atom. The Hall–Kier alpha value is -1.84. The van der Waals surface area contributed by atoms with Gasteiger partial charge in [-0.1, -0.05) is 0 Å². The van der Waals surface area contributed by atoms with Gasteiger partial charge < -0.3 is 10.2 Å². The third-order valence-corrected chi connectivity index (χ3v) is 6.97. The van der Waals surface area contributed by atoms with Gasteiger partial charge in [-0.2, -0.15) is 0 Å². The number of halogens is 1. The van der Waals surface area contributed by atoms with Crippen LogP contribution < -0.4 is 5.32 Å². The average Bonchev–Trinajstić information content (AvgIpc) is 2.96. The second-order valence-corrected chi connectivity index (χ2v) is 9.49. The first-order valence-corrected chi connectivity index (χ1v) is 10.8. The van der Waals surface area contributed by atoms with E-state index >= 15 is 0 Å². The minimum atomic E-state index is -3.52. The maximum atomic E-state index is 12.9. The van der Waals surface area contributed by atoms with E-state index in [1.165, 1.54) is 23.5 Å². The molecule has 0 unspecified atom stereocenters. The predicted molar refractivity (Wildman–Crippen MR) is 98.5 cm³/mol. The van der Waals surface area contributed by atoms with Crippen LogP contribution in [0, 0.1) is 5.82 Å². The lowest BCUT2D eigenvalue weighted by Crippen LogP contribution is -2.25. The van der Waals surface area contributed by atoms with E-state index in [1.807, 2.05) is 7.05 Å². The largest absolute Gasteiger partial charge is 0.302 e. The molecule has 0 saturated heterocycles. The van der Waals surface area contributed by atoms with Crippen molar-refractivity contribution >= 4 is 32.2 Å². The number of thiazole rings is 1. The van der Waals surface area contributed by atoms with Gasteiger partial charge in [0, 0.05) is 30.8 Å². The number of likely N-dealkylation sites (N-methyl/N-ethyl adjacent to an activating group) is 1. The molecule has 2 heterocycles. The number of hydrogen-bond donors (Lipinski definition) is 1. The van der Waals surface area contributed by atoms with Crippen molar-refractivity contribution in [2.75, 3.05) is 24.7 Å². The molecule has 0 fully saturated rings. The maximum Gasteiger partial charge on any atom is 0.226 e. The number of carbonyl (C=O) groups is 1. The third-order valence-electron chi connectivity index (χ3n) is 4.16. The van der Waals surface area contributed by atoms with Crippen molar-refractivity contribution in [1.82, 2.24) is 9.88 Å². The van der Waals surface area contributed by atoms with Gasteiger partial charge in [0.15, 0.2) is 15.0 Å². The van der Waals surface area contributed by atoms with Crippen LogP contribution in [0.5, 0.6) is 0 Å². The van der Waals surface area contributed by atoms with Crippen LogP contribution in [0.3, 0.4) is 0 Å². The topological polar surface area (TPSA) is 79.4 Å². The normalized spacial score (nSPS) is 14.8. The van der Waals surface area contributed by atoms with Gasteiger partial charge in [0.25, 0.3) is 0 Å². The van der Waals surface area contributed by atoms with Crippen LogP contribution in [0.1, 0.15) is 23.4 Å². The lowest BCUT2D eigenvalue weighted by Gasteiger charge is -2.20. The predicted octanol–water partition coefficient (Wildman–Crippen LogP) is 2.46. The average molecular weight is 397 g/mol. The summed E-state index contributed by atoms with van der Waals surface area (Å²) >= 11 is 1.47. The number of hydrogen-bond acceptors (Lipinski definition) is 6. The van der Waals surface area contributed by atoms with Crippen molar-refractivity contribution in [3.05, 3.63) is 40.7 Å². The molecule has 3 rings (SSSR count).